The summed E-state index contributed by atoms with van der Waals surface area (Å²) in [6.45, 7) is -1.46. The van der Waals surface area contributed by atoms with Crippen LogP contribution in [0, 0.1) is 29.9 Å². The molecule has 1 aliphatic carbocycles. The van der Waals surface area contributed by atoms with Gasteiger partial charge in [0.1, 0.15) is 17.9 Å². The Bertz CT molecular complexity index is 1170. The molecule has 1 saturated carbocycles. The van der Waals surface area contributed by atoms with Crippen LogP contribution in [-0.2, 0) is 12.0 Å². The number of ketones is 1. The number of ether oxygens (including phenoxy) is 1. The van der Waals surface area contributed by atoms with E-state index < -0.39 is 40.3 Å². The van der Waals surface area contributed by atoms with E-state index in [0.717, 1.165) is 17.8 Å². The molecule has 2 heterocycles. The fourth-order valence-corrected chi connectivity index (χ4v) is 5.42. The number of carbonyl (C=O) groups excluding carboxylic acids is 1. The molecule has 11 heteroatoms. The topological polar surface area (TPSA) is 111 Å². The number of alkyl halides is 1. The van der Waals surface area contributed by atoms with E-state index in [-0.39, 0.29) is 47.5 Å². The highest BCUT2D eigenvalue weighted by atomic mass is 32.2. The predicted octanol–water partition coefficient (Wildman–Crippen LogP) is 2.17. The van der Waals surface area contributed by atoms with Gasteiger partial charge in [-0.05, 0) is 24.1 Å². The SMILES string of the molecule is C#CCOc1cnc(C(=O)Cc2cc(F)c(F)c([C@@]3(CF)N=C(N)S[C@@]4(CO)C[C@H]43)c2)cn1. The Morgan fingerprint density at radius 2 is 2.15 bits per heavy atom. The van der Waals surface area contributed by atoms with Crippen LogP contribution in [0.25, 0.3) is 0 Å². The smallest absolute Gasteiger partial charge is 0.233 e. The minimum atomic E-state index is -1.78. The van der Waals surface area contributed by atoms with Gasteiger partial charge >= 0.3 is 0 Å². The second kappa shape index (κ2) is 8.68. The van der Waals surface area contributed by atoms with Crippen molar-refractivity contribution in [1.82, 2.24) is 9.97 Å². The fraction of sp³-hybridized carbons (Fsp3) is 0.364. The number of halogens is 3. The summed E-state index contributed by atoms with van der Waals surface area (Å²) in [5.74, 6) is -1.19. The van der Waals surface area contributed by atoms with E-state index >= 15 is 0 Å². The number of Topliss-reactive ketones (excluding diaryl/α,β-unsaturated/α-hetero) is 1. The monoisotopic (exact) mass is 476 g/mol. The number of rotatable bonds is 8. The molecular weight excluding hydrogens is 457 g/mol. The van der Waals surface area contributed by atoms with Gasteiger partial charge in [0.25, 0.3) is 0 Å². The van der Waals surface area contributed by atoms with E-state index in [4.69, 9.17) is 16.9 Å². The molecule has 0 unspecified atom stereocenters. The number of aliphatic imine (C=N–C) groups is 1. The Kier molecular flexibility index (Phi) is 6.07. The number of aliphatic hydroxyl groups excluding tert-OH is 1. The minimum Gasteiger partial charge on any atom is -0.463 e. The lowest BCUT2D eigenvalue weighted by Crippen LogP contribution is -2.41. The van der Waals surface area contributed by atoms with Crippen molar-refractivity contribution in [3.05, 3.63) is 53.0 Å². The number of aromatic nitrogens is 2. The zero-order valence-corrected chi connectivity index (χ0v) is 18.0. The Hall–Kier alpha value is -3.10. The standard InChI is InChI=1S/C22H19F3N4O3S/c1-2-3-32-18-9-27-15(8-28-18)16(31)6-12-4-13(19(25)14(24)5-12)22(10-23)17-7-21(17,11-30)33-20(26)29-22/h1,4-5,8-9,17,30H,3,6-7,10-11H2,(H2,26,29)/t17-,21-,22-/m1/s1. The molecule has 33 heavy (non-hydrogen) atoms. The molecule has 1 aliphatic heterocycles. The molecule has 1 aromatic heterocycles. The highest BCUT2D eigenvalue weighted by Crippen LogP contribution is 2.65. The van der Waals surface area contributed by atoms with E-state index in [1.54, 1.807) is 0 Å². The molecule has 2 aliphatic rings. The summed E-state index contributed by atoms with van der Waals surface area (Å²) in [5.41, 5.74) is 3.83. The first kappa shape index (κ1) is 23.1. The molecule has 7 nitrogen and oxygen atoms in total. The number of thioether (sulfide) groups is 1. The summed E-state index contributed by atoms with van der Waals surface area (Å²) in [5, 5.41) is 9.76. The van der Waals surface area contributed by atoms with Gasteiger partial charge in [0.15, 0.2) is 29.2 Å². The van der Waals surface area contributed by atoms with Gasteiger partial charge in [-0.2, -0.15) is 0 Å². The normalized spacial score (nSPS) is 25.5. The van der Waals surface area contributed by atoms with E-state index in [1.165, 1.54) is 18.5 Å². The lowest BCUT2D eigenvalue weighted by molar-refractivity contribution is 0.0987. The molecule has 3 N–H and O–H groups in total. The van der Waals surface area contributed by atoms with Crippen molar-refractivity contribution in [3.63, 3.8) is 0 Å². The van der Waals surface area contributed by atoms with E-state index in [0.29, 0.717) is 6.42 Å². The fourth-order valence-electron chi connectivity index (χ4n) is 4.15. The molecule has 0 saturated heterocycles. The van der Waals surface area contributed by atoms with Crippen LogP contribution in [0.15, 0.2) is 29.5 Å². The summed E-state index contributed by atoms with van der Waals surface area (Å²) in [4.78, 5) is 24.7. The van der Waals surface area contributed by atoms with Crippen LogP contribution in [0.5, 0.6) is 5.88 Å². The van der Waals surface area contributed by atoms with Crippen molar-refractivity contribution in [2.75, 3.05) is 19.9 Å². The van der Waals surface area contributed by atoms with Crippen LogP contribution in [0.2, 0.25) is 0 Å². The molecule has 0 radical (unpaired) electrons. The molecule has 0 bridgehead atoms. The van der Waals surface area contributed by atoms with Gasteiger partial charge in [0, 0.05) is 17.9 Å². The van der Waals surface area contributed by atoms with Crippen LogP contribution < -0.4 is 10.5 Å². The van der Waals surface area contributed by atoms with Crippen molar-refractivity contribution in [2.45, 2.75) is 23.1 Å². The summed E-state index contributed by atoms with van der Waals surface area (Å²) in [7, 11) is 0. The number of terminal acetylenes is 1. The number of hydrogen-bond acceptors (Lipinski definition) is 8. The van der Waals surface area contributed by atoms with Crippen LogP contribution >= 0.6 is 11.8 Å². The van der Waals surface area contributed by atoms with Gasteiger partial charge in [0.05, 0.1) is 23.7 Å². The number of fused-ring (bicyclic) bond motifs is 1. The van der Waals surface area contributed by atoms with Gasteiger partial charge in [-0.15, -0.1) is 6.42 Å². The highest BCUT2D eigenvalue weighted by molar-refractivity contribution is 8.15. The molecule has 4 rings (SSSR count). The average molecular weight is 476 g/mol. The third-order valence-corrected chi connectivity index (χ3v) is 7.11. The number of nitrogens with zero attached hydrogens (tertiary/aromatic N) is 3. The summed E-state index contributed by atoms with van der Waals surface area (Å²) >= 11 is 1.11. The Morgan fingerprint density at radius 3 is 2.79 bits per heavy atom. The van der Waals surface area contributed by atoms with Crippen molar-refractivity contribution in [3.8, 4) is 18.2 Å². The Balaban J connectivity index is 1.65. The molecule has 3 atom stereocenters. The second-order valence-corrected chi connectivity index (χ2v) is 9.30. The number of benzene rings is 1. The third kappa shape index (κ3) is 4.05. The van der Waals surface area contributed by atoms with Gasteiger partial charge in [-0.1, -0.05) is 17.7 Å². The number of carbonyl (C=O) groups is 1. The van der Waals surface area contributed by atoms with E-state index in [1.807, 2.05) is 0 Å². The summed E-state index contributed by atoms with van der Waals surface area (Å²) < 4.78 is 48.2. The quantitative estimate of drug-likeness (QED) is 0.444. The molecule has 1 fully saturated rings. The van der Waals surface area contributed by atoms with Crippen molar-refractivity contribution in [1.29, 1.82) is 0 Å². The molecular formula is C22H19F3N4O3S. The molecule has 0 spiro atoms. The lowest BCUT2D eigenvalue weighted by Gasteiger charge is -2.34. The predicted molar refractivity (Wildman–Crippen MR) is 116 cm³/mol. The first-order valence-corrected chi connectivity index (χ1v) is 10.7. The largest absolute Gasteiger partial charge is 0.463 e. The number of amidine groups is 1. The zero-order valence-electron chi connectivity index (χ0n) is 17.2. The summed E-state index contributed by atoms with van der Waals surface area (Å²) in [6, 6.07) is 2.10. The highest BCUT2D eigenvalue weighted by Gasteiger charge is 2.68. The lowest BCUT2D eigenvalue weighted by atomic mass is 9.83. The molecule has 1 aromatic carbocycles. The first-order valence-electron chi connectivity index (χ1n) is 9.89. The maximum Gasteiger partial charge on any atom is 0.233 e. The van der Waals surface area contributed by atoms with Gasteiger partial charge < -0.3 is 15.6 Å². The van der Waals surface area contributed by atoms with Gasteiger partial charge in [-0.3, -0.25) is 4.79 Å². The Labute approximate surface area is 191 Å². The second-order valence-electron chi connectivity index (χ2n) is 7.86. The van der Waals surface area contributed by atoms with Crippen LogP contribution in [0.1, 0.15) is 28.0 Å². The van der Waals surface area contributed by atoms with Crippen molar-refractivity contribution in [2.24, 2.45) is 16.6 Å². The average Bonchev–Trinajstić information content (AvgIpc) is 3.55. The van der Waals surface area contributed by atoms with Gasteiger partial charge in [0.2, 0.25) is 5.88 Å². The van der Waals surface area contributed by atoms with Crippen LogP contribution in [0.4, 0.5) is 13.2 Å². The first-order chi connectivity index (χ1) is 15.8. The number of nitrogens with two attached hydrogens (primary N) is 1. The van der Waals surface area contributed by atoms with Crippen molar-refractivity contribution < 1.29 is 27.8 Å². The maximum absolute atomic E-state index is 14.9. The summed E-state index contributed by atoms with van der Waals surface area (Å²) in [6.07, 6.45) is 7.50. The molecule has 2 aromatic rings. The molecule has 0 amide bonds. The zero-order chi connectivity index (χ0) is 23.8. The van der Waals surface area contributed by atoms with Crippen molar-refractivity contribution >= 4 is 22.7 Å². The minimum absolute atomic E-state index is 0.0139. The molecule has 172 valence electrons. The Morgan fingerprint density at radius 1 is 1.36 bits per heavy atom. The third-order valence-electron chi connectivity index (χ3n) is 5.83. The van der Waals surface area contributed by atoms with E-state index in [9.17, 15) is 23.1 Å². The van der Waals surface area contributed by atoms with Gasteiger partial charge in [-0.25, -0.2) is 28.1 Å². The number of hydrogen-bond donors (Lipinski definition) is 2. The van der Waals surface area contributed by atoms with Crippen LogP contribution in [-0.4, -0.2) is 50.7 Å². The van der Waals surface area contributed by atoms with E-state index in [2.05, 4.69) is 20.9 Å². The maximum atomic E-state index is 14.9. The van der Waals surface area contributed by atoms with Crippen LogP contribution in [0.3, 0.4) is 0 Å². The number of aliphatic hydroxyl groups is 1.